The Balaban J connectivity index is 1.42. The number of hydrogen-bond acceptors (Lipinski definition) is 1. The number of halogens is 1. The predicted molar refractivity (Wildman–Crippen MR) is 91.0 cm³/mol. The van der Waals surface area contributed by atoms with Gasteiger partial charge in [0.05, 0.1) is 0 Å². The third-order valence-corrected chi connectivity index (χ3v) is 7.06. The molecule has 0 unspecified atom stereocenters. The molecule has 4 aliphatic carbocycles. The van der Waals surface area contributed by atoms with Crippen molar-refractivity contribution >= 4 is 15.9 Å². The van der Waals surface area contributed by atoms with E-state index in [0.29, 0.717) is 11.5 Å². The molecule has 4 saturated carbocycles. The highest BCUT2D eigenvalue weighted by atomic mass is 79.9. The summed E-state index contributed by atoms with van der Waals surface area (Å²) in [5.74, 6) is 3.15. The molecule has 114 valence electrons. The lowest BCUT2D eigenvalue weighted by Crippen LogP contribution is -2.54. The molecule has 0 amide bonds. The molecule has 4 bridgehead atoms. The molecule has 4 fully saturated rings. The zero-order valence-corrected chi connectivity index (χ0v) is 14.5. The van der Waals surface area contributed by atoms with Gasteiger partial charge in [-0.1, -0.05) is 28.1 Å². The summed E-state index contributed by atoms with van der Waals surface area (Å²) >= 11 is 3.51. The third-order valence-electron chi connectivity index (χ3n) is 6.53. The fourth-order valence-electron chi connectivity index (χ4n) is 5.80. The molecular formula is C19H26BrN. The van der Waals surface area contributed by atoms with Crippen molar-refractivity contribution in [2.45, 2.75) is 58.0 Å². The van der Waals surface area contributed by atoms with Gasteiger partial charge >= 0.3 is 0 Å². The van der Waals surface area contributed by atoms with E-state index in [4.69, 9.17) is 0 Å². The predicted octanol–water partition coefficient (Wildman–Crippen LogP) is 5.14. The third kappa shape index (κ3) is 2.70. The second-order valence-electron chi connectivity index (χ2n) is 8.01. The molecule has 1 nitrogen and oxygen atoms in total. The standard InChI is InChI=1S/C19H26BrN/c1-13(21-12-14-2-4-18(20)5-3-14)19-9-15-6-16(10-19)8-17(7-15)11-19/h2-5,13,15-17,21H,6-12H2,1H3/t13-,15?,16?,17?,19?/m0/s1. The van der Waals surface area contributed by atoms with Crippen LogP contribution in [-0.4, -0.2) is 6.04 Å². The van der Waals surface area contributed by atoms with Crippen LogP contribution in [0.1, 0.15) is 51.0 Å². The van der Waals surface area contributed by atoms with Gasteiger partial charge in [-0.05, 0) is 86.3 Å². The van der Waals surface area contributed by atoms with E-state index in [1.807, 2.05) is 0 Å². The van der Waals surface area contributed by atoms with Crippen LogP contribution in [0.3, 0.4) is 0 Å². The minimum absolute atomic E-state index is 0.615. The van der Waals surface area contributed by atoms with Crippen LogP contribution >= 0.6 is 15.9 Å². The van der Waals surface area contributed by atoms with Crippen molar-refractivity contribution in [2.24, 2.45) is 23.2 Å². The molecule has 5 rings (SSSR count). The van der Waals surface area contributed by atoms with E-state index in [-0.39, 0.29) is 0 Å². The van der Waals surface area contributed by atoms with Gasteiger partial charge in [-0.3, -0.25) is 0 Å². The Kier molecular flexibility index (Phi) is 3.66. The fraction of sp³-hybridized carbons (Fsp3) is 0.684. The van der Waals surface area contributed by atoms with E-state index >= 15 is 0 Å². The second kappa shape index (κ2) is 5.38. The number of rotatable bonds is 4. The van der Waals surface area contributed by atoms with Gasteiger partial charge in [0.15, 0.2) is 0 Å². The SMILES string of the molecule is C[C@H](NCc1ccc(Br)cc1)C12CC3CC(CC(C3)C1)C2. The van der Waals surface area contributed by atoms with Crippen LogP contribution in [0, 0.1) is 23.2 Å². The monoisotopic (exact) mass is 347 g/mol. The van der Waals surface area contributed by atoms with Crippen molar-refractivity contribution in [2.75, 3.05) is 0 Å². The lowest BCUT2D eigenvalue weighted by molar-refractivity contribution is -0.0706. The maximum absolute atomic E-state index is 3.86. The molecule has 0 spiro atoms. The number of hydrogen-bond donors (Lipinski definition) is 1. The van der Waals surface area contributed by atoms with Gasteiger partial charge in [0.2, 0.25) is 0 Å². The van der Waals surface area contributed by atoms with Crippen LogP contribution < -0.4 is 5.32 Å². The van der Waals surface area contributed by atoms with Crippen molar-refractivity contribution in [1.29, 1.82) is 0 Å². The topological polar surface area (TPSA) is 12.0 Å². The molecule has 21 heavy (non-hydrogen) atoms. The van der Waals surface area contributed by atoms with E-state index in [0.717, 1.165) is 24.3 Å². The molecule has 0 aromatic heterocycles. The minimum atomic E-state index is 0.615. The molecule has 1 N–H and O–H groups in total. The Hall–Kier alpha value is -0.340. The van der Waals surface area contributed by atoms with E-state index in [1.165, 1.54) is 48.6 Å². The van der Waals surface area contributed by atoms with Gasteiger partial charge < -0.3 is 5.32 Å². The van der Waals surface area contributed by atoms with Gasteiger partial charge in [-0.25, -0.2) is 0 Å². The molecule has 1 aromatic rings. The van der Waals surface area contributed by atoms with Crippen molar-refractivity contribution in [1.82, 2.24) is 5.32 Å². The van der Waals surface area contributed by atoms with E-state index in [1.54, 1.807) is 0 Å². The van der Waals surface area contributed by atoms with Crippen LogP contribution in [0.5, 0.6) is 0 Å². The maximum Gasteiger partial charge on any atom is 0.0208 e. The van der Waals surface area contributed by atoms with Gasteiger partial charge in [-0.15, -0.1) is 0 Å². The summed E-state index contributed by atoms with van der Waals surface area (Å²) in [5, 5.41) is 3.86. The van der Waals surface area contributed by atoms with E-state index in [9.17, 15) is 0 Å². The fourth-order valence-corrected chi connectivity index (χ4v) is 6.06. The van der Waals surface area contributed by atoms with Crippen LogP contribution in [-0.2, 0) is 6.54 Å². The average molecular weight is 348 g/mol. The second-order valence-corrected chi connectivity index (χ2v) is 8.92. The lowest BCUT2D eigenvalue weighted by Gasteiger charge is -2.59. The zero-order chi connectivity index (χ0) is 14.4. The summed E-state index contributed by atoms with van der Waals surface area (Å²) < 4.78 is 1.17. The maximum atomic E-state index is 3.86. The van der Waals surface area contributed by atoms with E-state index in [2.05, 4.69) is 52.4 Å². The van der Waals surface area contributed by atoms with Crippen molar-refractivity contribution in [3.05, 3.63) is 34.3 Å². The largest absolute Gasteiger partial charge is 0.310 e. The Morgan fingerprint density at radius 3 is 2.10 bits per heavy atom. The molecule has 4 aliphatic rings. The van der Waals surface area contributed by atoms with Gasteiger partial charge in [0, 0.05) is 17.1 Å². The Morgan fingerprint density at radius 2 is 1.57 bits per heavy atom. The zero-order valence-electron chi connectivity index (χ0n) is 12.9. The molecule has 1 atom stereocenters. The van der Waals surface area contributed by atoms with Crippen LogP contribution in [0.25, 0.3) is 0 Å². The quantitative estimate of drug-likeness (QED) is 0.794. The molecule has 0 aliphatic heterocycles. The molecular weight excluding hydrogens is 322 g/mol. The van der Waals surface area contributed by atoms with E-state index < -0.39 is 0 Å². The molecule has 0 heterocycles. The van der Waals surface area contributed by atoms with Crippen LogP contribution in [0.4, 0.5) is 0 Å². The first-order valence-corrected chi connectivity index (χ1v) is 9.40. The smallest absolute Gasteiger partial charge is 0.0208 e. The molecule has 0 saturated heterocycles. The summed E-state index contributed by atoms with van der Waals surface area (Å²) in [6, 6.07) is 9.40. The van der Waals surface area contributed by atoms with Gasteiger partial charge in [0.25, 0.3) is 0 Å². The van der Waals surface area contributed by atoms with Crippen LogP contribution in [0.15, 0.2) is 28.7 Å². The number of nitrogens with one attached hydrogen (secondary N) is 1. The molecule has 0 radical (unpaired) electrons. The normalized spacial score (nSPS) is 38.7. The Morgan fingerprint density at radius 1 is 1.05 bits per heavy atom. The number of benzene rings is 1. The summed E-state index contributed by atoms with van der Waals surface area (Å²) in [7, 11) is 0. The first-order valence-electron chi connectivity index (χ1n) is 8.61. The molecule has 1 aromatic carbocycles. The lowest BCUT2D eigenvalue weighted by atomic mass is 9.48. The highest BCUT2D eigenvalue weighted by molar-refractivity contribution is 9.10. The highest BCUT2D eigenvalue weighted by Gasteiger charge is 2.52. The highest BCUT2D eigenvalue weighted by Crippen LogP contribution is 2.61. The Bertz CT molecular complexity index is 472. The first kappa shape index (κ1) is 14.3. The minimum Gasteiger partial charge on any atom is -0.310 e. The van der Waals surface area contributed by atoms with Gasteiger partial charge in [0.1, 0.15) is 0 Å². The van der Waals surface area contributed by atoms with Crippen molar-refractivity contribution in [3.8, 4) is 0 Å². The van der Waals surface area contributed by atoms with Gasteiger partial charge in [-0.2, -0.15) is 0 Å². The first-order chi connectivity index (χ1) is 10.1. The summed E-state index contributed by atoms with van der Waals surface area (Å²) in [4.78, 5) is 0. The van der Waals surface area contributed by atoms with Crippen molar-refractivity contribution < 1.29 is 0 Å². The molecule has 2 heteroatoms. The average Bonchev–Trinajstić information content (AvgIpc) is 2.45. The summed E-state index contributed by atoms with van der Waals surface area (Å²) in [6.45, 7) is 3.46. The Labute approximate surface area is 137 Å². The summed E-state index contributed by atoms with van der Waals surface area (Å²) in [5.41, 5.74) is 2.01. The summed E-state index contributed by atoms with van der Waals surface area (Å²) in [6.07, 6.45) is 9.10. The van der Waals surface area contributed by atoms with Crippen molar-refractivity contribution in [3.63, 3.8) is 0 Å². The van der Waals surface area contributed by atoms with Crippen LogP contribution in [0.2, 0.25) is 0 Å².